The summed E-state index contributed by atoms with van der Waals surface area (Å²) < 4.78 is 5.47. The smallest absolute Gasteiger partial charge is 0.338 e. The van der Waals surface area contributed by atoms with E-state index in [1.807, 2.05) is 36.6 Å². The molecule has 0 aromatic heterocycles. The lowest BCUT2D eigenvalue weighted by molar-refractivity contribution is 0.0472. The molecule has 0 aliphatic rings. The van der Waals surface area contributed by atoms with Gasteiger partial charge in [-0.1, -0.05) is 30.3 Å². The third-order valence-electron chi connectivity index (χ3n) is 5.40. The van der Waals surface area contributed by atoms with E-state index in [0.29, 0.717) is 17.5 Å². The molecule has 0 heterocycles. The van der Waals surface area contributed by atoms with E-state index < -0.39 is 11.9 Å². The molecule has 0 saturated carbocycles. The molecule has 0 aliphatic carbocycles. The van der Waals surface area contributed by atoms with Crippen LogP contribution in [0.15, 0.2) is 83.8 Å². The van der Waals surface area contributed by atoms with Crippen molar-refractivity contribution in [3.05, 3.63) is 107 Å². The molecule has 0 aliphatic heterocycles. The predicted molar refractivity (Wildman–Crippen MR) is 129 cm³/mol. The summed E-state index contributed by atoms with van der Waals surface area (Å²) in [5.74, 6) is -1.25. The van der Waals surface area contributed by atoms with E-state index in [1.165, 1.54) is 0 Å². The van der Waals surface area contributed by atoms with Crippen molar-refractivity contribution >= 4 is 34.5 Å². The molecule has 0 fully saturated rings. The standard InChI is InChI=1S/C27H22O5S/c1-33-24-10-4-18(5-11-24)16-32-27(31)21-9-8-20-15-25(28)23(14-22(20)13-21)12-17-2-6-19(7-3-17)26(29)30/h2-11,13-15,28H,12,16H2,1H3,(H,29,30). The van der Waals surface area contributed by atoms with Gasteiger partial charge in [-0.25, -0.2) is 9.59 Å². The number of carbonyl (C=O) groups is 2. The summed E-state index contributed by atoms with van der Waals surface area (Å²) in [7, 11) is 0. The summed E-state index contributed by atoms with van der Waals surface area (Å²) in [6, 6.07) is 23.1. The molecule has 6 heteroatoms. The summed E-state index contributed by atoms with van der Waals surface area (Å²) in [6.07, 6.45) is 2.44. The maximum Gasteiger partial charge on any atom is 0.338 e. The van der Waals surface area contributed by atoms with Gasteiger partial charge in [0.1, 0.15) is 12.4 Å². The SMILES string of the molecule is CSc1ccc(COC(=O)c2ccc3cc(O)c(Cc4ccc(C(=O)O)cc4)cc3c2)cc1. The number of aromatic hydroxyl groups is 1. The van der Waals surface area contributed by atoms with Crippen LogP contribution in [0.5, 0.6) is 5.75 Å². The van der Waals surface area contributed by atoms with Crippen LogP contribution in [0, 0.1) is 0 Å². The van der Waals surface area contributed by atoms with Gasteiger partial charge in [0.2, 0.25) is 0 Å². The summed E-state index contributed by atoms with van der Waals surface area (Å²) in [5, 5.41) is 21.1. The fourth-order valence-electron chi connectivity index (χ4n) is 3.54. The minimum atomic E-state index is -0.980. The van der Waals surface area contributed by atoms with Crippen molar-refractivity contribution in [2.75, 3.05) is 6.26 Å². The molecule has 0 bridgehead atoms. The van der Waals surface area contributed by atoms with E-state index in [-0.39, 0.29) is 17.9 Å². The molecule has 4 rings (SSSR count). The molecular weight excluding hydrogens is 436 g/mol. The zero-order valence-electron chi connectivity index (χ0n) is 17.9. The van der Waals surface area contributed by atoms with Crippen LogP contribution < -0.4 is 0 Å². The van der Waals surface area contributed by atoms with E-state index in [9.17, 15) is 14.7 Å². The lowest BCUT2D eigenvalue weighted by Gasteiger charge is -2.10. The van der Waals surface area contributed by atoms with E-state index in [4.69, 9.17) is 9.84 Å². The second-order valence-corrected chi connectivity index (χ2v) is 8.53. The molecule has 5 nitrogen and oxygen atoms in total. The first kappa shape index (κ1) is 22.4. The summed E-state index contributed by atoms with van der Waals surface area (Å²) in [6.45, 7) is 0.193. The number of benzene rings is 4. The van der Waals surface area contributed by atoms with E-state index >= 15 is 0 Å². The van der Waals surface area contributed by atoms with E-state index in [2.05, 4.69) is 0 Å². The zero-order valence-corrected chi connectivity index (χ0v) is 18.8. The van der Waals surface area contributed by atoms with E-state index in [0.717, 1.165) is 26.8 Å². The molecule has 166 valence electrons. The molecule has 2 N–H and O–H groups in total. The van der Waals surface area contributed by atoms with Crippen LogP contribution in [0.3, 0.4) is 0 Å². The van der Waals surface area contributed by atoms with Gasteiger partial charge in [-0.2, -0.15) is 0 Å². The zero-order chi connectivity index (χ0) is 23.4. The normalized spacial score (nSPS) is 10.8. The Kier molecular flexibility index (Phi) is 6.66. The summed E-state index contributed by atoms with van der Waals surface area (Å²) in [5.41, 5.74) is 3.13. The number of carboxylic acids is 1. The summed E-state index contributed by atoms with van der Waals surface area (Å²) in [4.78, 5) is 24.8. The number of ether oxygens (including phenoxy) is 1. The van der Waals surface area contributed by atoms with Gasteiger partial charge in [0, 0.05) is 11.3 Å². The third-order valence-corrected chi connectivity index (χ3v) is 6.14. The van der Waals surface area contributed by atoms with Crippen LogP contribution in [0.4, 0.5) is 0 Å². The Hall–Kier alpha value is -3.77. The Bertz CT molecular complexity index is 1310. The van der Waals surface area contributed by atoms with Crippen LogP contribution in [-0.4, -0.2) is 28.4 Å². The average Bonchev–Trinajstić information content (AvgIpc) is 2.83. The monoisotopic (exact) mass is 458 g/mol. The second-order valence-electron chi connectivity index (χ2n) is 7.65. The van der Waals surface area contributed by atoms with Gasteiger partial charge in [0.25, 0.3) is 0 Å². The largest absolute Gasteiger partial charge is 0.508 e. The Morgan fingerprint density at radius 3 is 2.15 bits per heavy atom. The lowest BCUT2D eigenvalue weighted by atomic mass is 9.98. The van der Waals surface area contributed by atoms with Crippen molar-refractivity contribution in [2.24, 2.45) is 0 Å². The quantitative estimate of drug-likeness (QED) is 0.264. The number of esters is 1. The van der Waals surface area contributed by atoms with Gasteiger partial charge in [0.15, 0.2) is 0 Å². The number of phenols is 1. The van der Waals surface area contributed by atoms with Crippen LogP contribution in [0.25, 0.3) is 10.8 Å². The van der Waals surface area contributed by atoms with Crippen molar-refractivity contribution in [1.82, 2.24) is 0 Å². The van der Waals surface area contributed by atoms with Crippen molar-refractivity contribution in [3.63, 3.8) is 0 Å². The van der Waals surface area contributed by atoms with Crippen LogP contribution in [0.2, 0.25) is 0 Å². The number of carboxylic acid groups (broad SMARTS) is 1. The van der Waals surface area contributed by atoms with Crippen LogP contribution in [0.1, 0.15) is 37.4 Å². The van der Waals surface area contributed by atoms with Crippen molar-refractivity contribution in [2.45, 2.75) is 17.9 Å². The highest BCUT2D eigenvalue weighted by Crippen LogP contribution is 2.28. The first-order chi connectivity index (χ1) is 15.9. The van der Waals surface area contributed by atoms with Gasteiger partial charge in [-0.3, -0.25) is 0 Å². The van der Waals surface area contributed by atoms with Gasteiger partial charge in [-0.05, 0) is 82.2 Å². The van der Waals surface area contributed by atoms with Crippen molar-refractivity contribution in [1.29, 1.82) is 0 Å². The minimum Gasteiger partial charge on any atom is -0.508 e. The maximum atomic E-state index is 12.6. The van der Waals surface area contributed by atoms with Gasteiger partial charge in [-0.15, -0.1) is 11.8 Å². The highest BCUT2D eigenvalue weighted by Gasteiger charge is 2.11. The fraction of sp³-hybridized carbons (Fsp3) is 0.111. The first-order valence-electron chi connectivity index (χ1n) is 10.3. The minimum absolute atomic E-state index is 0.147. The first-order valence-corrected chi connectivity index (χ1v) is 11.5. The number of fused-ring (bicyclic) bond motifs is 1. The van der Waals surface area contributed by atoms with Gasteiger partial charge >= 0.3 is 11.9 Å². The average molecular weight is 459 g/mol. The number of aromatic carboxylic acids is 1. The Labute approximate surface area is 195 Å². The molecule has 0 radical (unpaired) electrons. The fourth-order valence-corrected chi connectivity index (χ4v) is 3.95. The number of phenolic OH excluding ortho intramolecular Hbond substituents is 1. The lowest BCUT2D eigenvalue weighted by Crippen LogP contribution is -2.05. The molecule has 0 atom stereocenters. The van der Waals surface area contributed by atoms with E-state index in [1.54, 1.807) is 60.3 Å². The number of hydrogen-bond acceptors (Lipinski definition) is 5. The molecule has 33 heavy (non-hydrogen) atoms. The number of thioether (sulfide) groups is 1. The van der Waals surface area contributed by atoms with Crippen LogP contribution >= 0.6 is 11.8 Å². The third kappa shape index (κ3) is 5.35. The van der Waals surface area contributed by atoms with Crippen molar-refractivity contribution < 1.29 is 24.5 Å². The molecule has 0 unspecified atom stereocenters. The van der Waals surface area contributed by atoms with Gasteiger partial charge < -0.3 is 14.9 Å². The van der Waals surface area contributed by atoms with Crippen molar-refractivity contribution in [3.8, 4) is 5.75 Å². The number of hydrogen-bond donors (Lipinski definition) is 2. The number of carbonyl (C=O) groups excluding carboxylic acids is 1. The van der Waals surface area contributed by atoms with Gasteiger partial charge in [0.05, 0.1) is 11.1 Å². The molecule has 4 aromatic rings. The Balaban J connectivity index is 1.51. The molecule has 0 saturated heterocycles. The molecular formula is C27H22O5S. The van der Waals surface area contributed by atoms with Crippen LogP contribution in [-0.2, 0) is 17.8 Å². The molecule has 4 aromatic carbocycles. The second kappa shape index (κ2) is 9.79. The Morgan fingerprint density at radius 2 is 1.48 bits per heavy atom. The highest BCUT2D eigenvalue weighted by molar-refractivity contribution is 7.98. The number of rotatable bonds is 7. The molecule has 0 spiro atoms. The highest BCUT2D eigenvalue weighted by atomic mass is 32.2. The topological polar surface area (TPSA) is 83.8 Å². The predicted octanol–water partition coefficient (Wildman–Crippen LogP) is 5.91. The summed E-state index contributed by atoms with van der Waals surface area (Å²) >= 11 is 1.65. The maximum absolute atomic E-state index is 12.6. The molecule has 0 amide bonds. The Morgan fingerprint density at radius 1 is 0.818 bits per heavy atom.